The van der Waals surface area contributed by atoms with Crippen molar-refractivity contribution in [2.75, 3.05) is 0 Å². The largest absolute Gasteiger partial charge is 0.298 e. The number of benzene rings is 1. The number of tetrazole rings is 1. The van der Waals surface area contributed by atoms with E-state index < -0.39 is 11.8 Å². The van der Waals surface area contributed by atoms with E-state index in [1.807, 2.05) is 17.5 Å². The number of nitrogens with one attached hydrogen (secondary N) is 3. The Bertz CT molecular complexity index is 1080. The van der Waals surface area contributed by atoms with Crippen LogP contribution in [0.3, 0.4) is 0 Å². The third-order valence-electron chi connectivity index (χ3n) is 3.35. The van der Waals surface area contributed by atoms with Crippen LogP contribution in [0.5, 0.6) is 0 Å². The molecule has 0 aliphatic heterocycles. The third kappa shape index (κ3) is 6.59. The summed E-state index contributed by atoms with van der Waals surface area (Å²) in [6.07, 6.45) is 2.99. The highest BCUT2D eigenvalue weighted by Crippen LogP contribution is 2.24. The first-order valence-corrected chi connectivity index (χ1v) is 10.3. The molecule has 0 fully saturated rings. The van der Waals surface area contributed by atoms with Gasteiger partial charge < -0.3 is 0 Å². The number of aromatic nitrogens is 4. The van der Waals surface area contributed by atoms with Crippen molar-refractivity contribution in [1.29, 1.82) is 0 Å². The fourth-order valence-corrected chi connectivity index (χ4v) is 3.43. The van der Waals surface area contributed by atoms with Crippen LogP contribution in [0.1, 0.15) is 4.88 Å². The number of amides is 2. The summed E-state index contributed by atoms with van der Waals surface area (Å²) in [4.78, 5) is 25.8. The van der Waals surface area contributed by atoms with Gasteiger partial charge in [-0.25, -0.2) is 0 Å². The van der Waals surface area contributed by atoms with Gasteiger partial charge >= 0.3 is 0 Å². The molecule has 0 saturated heterocycles. The summed E-state index contributed by atoms with van der Waals surface area (Å²) >= 11 is 18.4. The van der Waals surface area contributed by atoms with E-state index >= 15 is 0 Å². The van der Waals surface area contributed by atoms with Crippen LogP contribution in [0.4, 0.5) is 0 Å². The van der Waals surface area contributed by atoms with Crippen LogP contribution >= 0.6 is 46.8 Å². The highest BCUT2D eigenvalue weighted by molar-refractivity contribution is 7.80. The van der Waals surface area contributed by atoms with Crippen LogP contribution < -0.4 is 16.2 Å². The number of nitrogens with zero attached hydrogens (tertiary/aromatic N) is 4. The van der Waals surface area contributed by atoms with Crippen LogP contribution in [-0.2, 0) is 16.1 Å². The molecule has 0 atom stereocenters. The minimum atomic E-state index is -0.506. The maximum absolute atomic E-state index is 12.0. The van der Waals surface area contributed by atoms with Gasteiger partial charge in [0.2, 0.25) is 11.7 Å². The molecule has 2 heterocycles. The smallest absolute Gasteiger partial charge is 0.262 e. The molecule has 154 valence electrons. The molecular weight excluding hydrogens is 469 g/mol. The van der Waals surface area contributed by atoms with Crippen molar-refractivity contribution in [3.63, 3.8) is 0 Å². The van der Waals surface area contributed by atoms with E-state index in [2.05, 4.69) is 31.6 Å². The Labute approximate surface area is 190 Å². The van der Waals surface area contributed by atoms with Gasteiger partial charge in [0, 0.05) is 26.6 Å². The highest BCUT2D eigenvalue weighted by atomic mass is 35.5. The lowest BCUT2D eigenvalue weighted by molar-refractivity contribution is -0.122. The predicted octanol–water partition coefficient (Wildman–Crippen LogP) is 2.44. The van der Waals surface area contributed by atoms with Gasteiger partial charge in [0.25, 0.3) is 5.91 Å². The van der Waals surface area contributed by atoms with Gasteiger partial charge in [-0.3, -0.25) is 25.8 Å². The number of rotatable bonds is 5. The zero-order valence-corrected chi connectivity index (χ0v) is 18.1. The molecule has 2 aromatic heterocycles. The van der Waals surface area contributed by atoms with Crippen molar-refractivity contribution in [3.05, 3.63) is 56.7 Å². The number of thiophene rings is 1. The van der Waals surface area contributed by atoms with E-state index in [0.717, 1.165) is 9.67 Å². The standard InChI is InChI=1S/C17H13Cl2N7O2S2/c18-11-6-10(7-12(19)8-11)16-22-25-26(24-16)9-15(28)21-23-17(29)20-14(27)4-3-13-2-1-5-30-13/h1-8H,9H2,(H,21,28)(H2,20,23,27,29)/b4-3+. The Kier molecular flexibility index (Phi) is 7.46. The Hall–Kier alpha value is -2.86. The van der Waals surface area contributed by atoms with Crippen molar-refractivity contribution in [2.24, 2.45) is 0 Å². The van der Waals surface area contributed by atoms with Crippen molar-refractivity contribution < 1.29 is 9.59 Å². The molecule has 3 aromatic rings. The van der Waals surface area contributed by atoms with Gasteiger partial charge in [0.15, 0.2) is 5.11 Å². The van der Waals surface area contributed by atoms with Crippen molar-refractivity contribution in [3.8, 4) is 11.4 Å². The average Bonchev–Trinajstić information content (AvgIpc) is 3.36. The van der Waals surface area contributed by atoms with E-state index in [4.69, 9.17) is 35.4 Å². The first-order chi connectivity index (χ1) is 14.4. The fourth-order valence-electron chi connectivity index (χ4n) is 2.13. The monoisotopic (exact) mass is 481 g/mol. The molecule has 0 saturated carbocycles. The van der Waals surface area contributed by atoms with E-state index in [1.165, 1.54) is 17.4 Å². The van der Waals surface area contributed by atoms with Gasteiger partial charge in [-0.1, -0.05) is 29.3 Å². The number of hydrazine groups is 1. The lowest BCUT2D eigenvalue weighted by atomic mass is 10.2. The molecule has 0 unspecified atom stereocenters. The average molecular weight is 482 g/mol. The lowest BCUT2D eigenvalue weighted by Crippen LogP contribution is -2.49. The second kappa shape index (κ2) is 10.3. The molecule has 3 rings (SSSR count). The number of carbonyl (C=O) groups is 2. The highest BCUT2D eigenvalue weighted by Gasteiger charge is 2.11. The number of hydrogen-bond acceptors (Lipinski definition) is 7. The quantitative estimate of drug-likeness (QED) is 0.291. The summed E-state index contributed by atoms with van der Waals surface area (Å²) in [5.41, 5.74) is 5.33. The Morgan fingerprint density at radius 3 is 2.67 bits per heavy atom. The molecule has 1 aromatic carbocycles. The summed E-state index contributed by atoms with van der Waals surface area (Å²) in [5, 5.41) is 16.9. The zero-order valence-electron chi connectivity index (χ0n) is 15.0. The van der Waals surface area contributed by atoms with E-state index in [0.29, 0.717) is 15.6 Å². The van der Waals surface area contributed by atoms with Gasteiger partial charge in [-0.2, -0.15) is 4.80 Å². The molecule has 3 N–H and O–H groups in total. The second-order valence-electron chi connectivity index (χ2n) is 5.64. The van der Waals surface area contributed by atoms with Crippen LogP contribution in [0.2, 0.25) is 10.0 Å². The summed E-state index contributed by atoms with van der Waals surface area (Å²) in [6.45, 7) is -0.233. The second-order valence-corrected chi connectivity index (χ2v) is 7.90. The van der Waals surface area contributed by atoms with Crippen LogP contribution in [0, 0.1) is 0 Å². The fraction of sp³-hybridized carbons (Fsp3) is 0.0588. The molecule has 9 nitrogen and oxygen atoms in total. The first kappa shape index (κ1) is 21.8. The van der Waals surface area contributed by atoms with Crippen LogP contribution in [-0.4, -0.2) is 37.1 Å². The molecular formula is C17H13Cl2N7O2S2. The first-order valence-electron chi connectivity index (χ1n) is 8.25. The van der Waals surface area contributed by atoms with Crippen LogP contribution in [0.15, 0.2) is 41.8 Å². The summed E-state index contributed by atoms with van der Waals surface area (Å²) in [5.74, 6) is -0.674. The van der Waals surface area contributed by atoms with Crippen molar-refractivity contribution in [1.82, 2.24) is 36.4 Å². The maximum Gasteiger partial charge on any atom is 0.262 e. The van der Waals surface area contributed by atoms with Gasteiger partial charge in [-0.05, 0) is 53.2 Å². The Morgan fingerprint density at radius 1 is 1.20 bits per heavy atom. The summed E-state index contributed by atoms with van der Waals surface area (Å²) < 4.78 is 0. The van der Waals surface area contributed by atoms with Crippen molar-refractivity contribution in [2.45, 2.75) is 6.54 Å². The molecule has 0 aliphatic carbocycles. The van der Waals surface area contributed by atoms with Crippen molar-refractivity contribution >= 4 is 69.8 Å². The number of carbonyl (C=O) groups excluding carboxylic acids is 2. The van der Waals surface area contributed by atoms with Gasteiger partial charge in [0.1, 0.15) is 6.54 Å². The van der Waals surface area contributed by atoms with E-state index in [-0.39, 0.29) is 17.5 Å². The number of thiocarbonyl (C=S) groups is 1. The molecule has 2 amide bonds. The molecule has 0 radical (unpaired) electrons. The van der Waals surface area contributed by atoms with Gasteiger partial charge in [-0.15, -0.1) is 21.5 Å². The molecule has 13 heteroatoms. The molecule has 0 spiro atoms. The zero-order chi connectivity index (χ0) is 21.5. The van der Waals surface area contributed by atoms with Gasteiger partial charge in [0.05, 0.1) is 0 Å². The minimum absolute atomic E-state index is 0.0648. The Morgan fingerprint density at radius 2 is 1.97 bits per heavy atom. The Balaban J connectivity index is 1.46. The lowest BCUT2D eigenvalue weighted by Gasteiger charge is -2.09. The maximum atomic E-state index is 12.0. The molecule has 30 heavy (non-hydrogen) atoms. The van der Waals surface area contributed by atoms with E-state index in [1.54, 1.807) is 24.3 Å². The normalized spacial score (nSPS) is 10.7. The molecule has 0 aliphatic rings. The predicted molar refractivity (Wildman–Crippen MR) is 119 cm³/mol. The minimum Gasteiger partial charge on any atom is -0.298 e. The van der Waals surface area contributed by atoms with Crippen LogP contribution in [0.25, 0.3) is 17.5 Å². The number of hydrogen-bond donors (Lipinski definition) is 3. The van der Waals surface area contributed by atoms with E-state index in [9.17, 15) is 9.59 Å². The summed E-state index contributed by atoms with van der Waals surface area (Å²) in [7, 11) is 0. The summed E-state index contributed by atoms with van der Waals surface area (Å²) in [6, 6.07) is 8.58. The topological polar surface area (TPSA) is 114 Å². The molecule has 0 bridgehead atoms. The SMILES string of the molecule is O=C(/C=C/c1cccs1)NC(=S)NNC(=O)Cn1nnc(-c2cc(Cl)cc(Cl)c2)n1. The third-order valence-corrected chi connectivity index (χ3v) is 4.83. The number of halogens is 2.